The van der Waals surface area contributed by atoms with Gasteiger partial charge in [0.15, 0.2) is 0 Å². The first-order valence-electron chi connectivity index (χ1n) is 5.01. The van der Waals surface area contributed by atoms with Crippen molar-refractivity contribution in [3.8, 4) is 11.3 Å². The molecular weight excluding hydrogens is 245 g/mol. The Balaban J connectivity index is 2.42. The van der Waals surface area contributed by atoms with E-state index in [0.717, 1.165) is 0 Å². The van der Waals surface area contributed by atoms with E-state index in [1.165, 1.54) is 10.7 Å². The summed E-state index contributed by atoms with van der Waals surface area (Å²) in [5.41, 5.74) is 6.44. The molecule has 2 rings (SSSR count). The van der Waals surface area contributed by atoms with Crippen molar-refractivity contribution in [1.82, 2.24) is 9.78 Å². The van der Waals surface area contributed by atoms with Crippen LogP contribution in [0.2, 0.25) is 5.02 Å². The number of aromatic nitrogens is 2. The first-order chi connectivity index (χ1) is 8.11. The van der Waals surface area contributed by atoms with Crippen LogP contribution in [0.15, 0.2) is 24.3 Å². The van der Waals surface area contributed by atoms with Gasteiger partial charge in [0.1, 0.15) is 11.6 Å². The van der Waals surface area contributed by atoms with Gasteiger partial charge in [0.05, 0.1) is 18.8 Å². The van der Waals surface area contributed by atoms with Gasteiger partial charge in [-0.2, -0.15) is 5.10 Å². The molecule has 0 aliphatic carbocycles. The van der Waals surface area contributed by atoms with Crippen LogP contribution in [-0.2, 0) is 6.54 Å². The van der Waals surface area contributed by atoms with E-state index >= 15 is 0 Å². The number of nitrogens with two attached hydrogens (primary N) is 1. The van der Waals surface area contributed by atoms with Crippen LogP contribution in [0.4, 0.5) is 10.2 Å². The maximum absolute atomic E-state index is 13.6. The molecular formula is C11H11ClFN3O. The standard InChI is InChI=1S/C11H11ClFN3O/c12-7-1-2-8(9(13)5-7)10-6-11(14)16(15-10)3-4-17/h1-2,5-6,17H,3-4,14H2. The Morgan fingerprint density at radius 2 is 2.18 bits per heavy atom. The molecule has 1 aromatic carbocycles. The van der Waals surface area contributed by atoms with Crippen molar-refractivity contribution in [2.75, 3.05) is 12.3 Å². The number of halogens is 2. The molecule has 6 heteroatoms. The number of nitrogen functional groups attached to an aromatic ring is 1. The van der Waals surface area contributed by atoms with Crippen molar-refractivity contribution in [2.45, 2.75) is 6.54 Å². The lowest BCUT2D eigenvalue weighted by Crippen LogP contribution is -2.07. The van der Waals surface area contributed by atoms with E-state index < -0.39 is 5.82 Å². The number of aliphatic hydroxyl groups excluding tert-OH is 1. The number of rotatable bonds is 3. The van der Waals surface area contributed by atoms with Gasteiger partial charge in [0.2, 0.25) is 0 Å². The van der Waals surface area contributed by atoms with Gasteiger partial charge in [-0.3, -0.25) is 0 Å². The van der Waals surface area contributed by atoms with E-state index in [4.69, 9.17) is 22.4 Å². The molecule has 1 heterocycles. The Bertz CT molecular complexity index is 542. The minimum atomic E-state index is -0.453. The summed E-state index contributed by atoms with van der Waals surface area (Å²) in [6.45, 7) is 0.204. The van der Waals surface area contributed by atoms with Crippen molar-refractivity contribution < 1.29 is 9.50 Å². The van der Waals surface area contributed by atoms with Crippen molar-refractivity contribution in [1.29, 1.82) is 0 Å². The SMILES string of the molecule is Nc1cc(-c2ccc(Cl)cc2F)nn1CCO. The van der Waals surface area contributed by atoms with Crippen LogP contribution >= 0.6 is 11.6 Å². The van der Waals surface area contributed by atoms with E-state index in [9.17, 15) is 4.39 Å². The molecule has 0 spiro atoms. The van der Waals surface area contributed by atoms with Crippen molar-refractivity contribution in [2.24, 2.45) is 0 Å². The molecule has 0 aliphatic rings. The maximum Gasteiger partial charge on any atom is 0.134 e. The average Bonchev–Trinajstić information content (AvgIpc) is 2.60. The quantitative estimate of drug-likeness (QED) is 0.881. The highest BCUT2D eigenvalue weighted by Crippen LogP contribution is 2.25. The second kappa shape index (κ2) is 4.73. The molecule has 2 aromatic rings. The molecule has 3 N–H and O–H groups in total. The van der Waals surface area contributed by atoms with Gasteiger partial charge in [-0.15, -0.1) is 0 Å². The predicted molar refractivity (Wildman–Crippen MR) is 64.1 cm³/mol. The van der Waals surface area contributed by atoms with Crippen LogP contribution in [0.25, 0.3) is 11.3 Å². The largest absolute Gasteiger partial charge is 0.394 e. The lowest BCUT2D eigenvalue weighted by Gasteiger charge is -2.00. The molecule has 0 atom stereocenters. The number of anilines is 1. The fraction of sp³-hybridized carbons (Fsp3) is 0.182. The van der Waals surface area contributed by atoms with Gasteiger partial charge in [0.25, 0.3) is 0 Å². The summed E-state index contributed by atoms with van der Waals surface area (Å²) < 4.78 is 15.1. The fourth-order valence-electron chi connectivity index (χ4n) is 1.53. The van der Waals surface area contributed by atoms with Crippen LogP contribution in [-0.4, -0.2) is 21.5 Å². The third-order valence-electron chi connectivity index (χ3n) is 2.33. The van der Waals surface area contributed by atoms with Crippen molar-refractivity contribution in [3.63, 3.8) is 0 Å². The molecule has 1 aromatic heterocycles. The zero-order valence-electron chi connectivity index (χ0n) is 8.90. The topological polar surface area (TPSA) is 64.1 Å². The van der Waals surface area contributed by atoms with Crippen molar-refractivity contribution in [3.05, 3.63) is 35.1 Å². The lowest BCUT2D eigenvalue weighted by atomic mass is 10.1. The number of benzene rings is 1. The normalized spacial score (nSPS) is 10.8. The molecule has 17 heavy (non-hydrogen) atoms. The highest BCUT2D eigenvalue weighted by atomic mass is 35.5. The van der Waals surface area contributed by atoms with Gasteiger partial charge in [-0.1, -0.05) is 11.6 Å². The third kappa shape index (κ3) is 2.40. The summed E-state index contributed by atoms with van der Waals surface area (Å²) in [7, 11) is 0. The second-order valence-corrected chi connectivity index (χ2v) is 3.96. The summed E-state index contributed by atoms with van der Waals surface area (Å²) in [6.07, 6.45) is 0. The number of nitrogens with zero attached hydrogens (tertiary/aromatic N) is 2. The Labute approximate surface area is 102 Å². The molecule has 0 saturated carbocycles. The predicted octanol–water partition coefficient (Wildman–Crippen LogP) is 1.92. The van der Waals surface area contributed by atoms with Crippen LogP contribution in [0.1, 0.15) is 0 Å². The number of aliphatic hydroxyl groups is 1. The fourth-order valence-corrected chi connectivity index (χ4v) is 1.69. The van der Waals surface area contributed by atoms with E-state index in [1.807, 2.05) is 0 Å². The van der Waals surface area contributed by atoms with Gasteiger partial charge < -0.3 is 10.8 Å². The Hall–Kier alpha value is -1.59. The van der Waals surface area contributed by atoms with Gasteiger partial charge >= 0.3 is 0 Å². The van der Waals surface area contributed by atoms with Crippen LogP contribution < -0.4 is 5.73 Å². The Kier molecular flexibility index (Phi) is 3.31. The molecule has 0 fully saturated rings. The van der Waals surface area contributed by atoms with E-state index in [2.05, 4.69) is 5.10 Å². The molecule has 0 amide bonds. The summed E-state index contributed by atoms with van der Waals surface area (Å²) in [5, 5.41) is 13.2. The lowest BCUT2D eigenvalue weighted by molar-refractivity contribution is 0.270. The maximum atomic E-state index is 13.6. The summed E-state index contributed by atoms with van der Waals surface area (Å²) in [5.74, 6) is -0.0745. The van der Waals surface area contributed by atoms with E-state index in [-0.39, 0.29) is 13.2 Å². The van der Waals surface area contributed by atoms with Crippen LogP contribution in [0.3, 0.4) is 0 Å². The molecule has 4 nitrogen and oxygen atoms in total. The monoisotopic (exact) mass is 255 g/mol. The zero-order valence-corrected chi connectivity index (χ0v) is 9.65. The molecule has 0 aliphatic heterocycles. The smallest absolute Gasteiger partial charge is 0.134 e. The highest BCUT2D eigenvalue weighted by molar-refractivity contribution is 6.30. The second-order valence-electron chi connectivity index (χ2n) is 3.53. The number of hydrogen-bond acceptors (Lipinski definition) is 3. The molecule has 0 bridgehead atoms. The number of hydrogen-bond donors (Lipinski definition) is 2. The zero-order chi connectivity index (χ0) is 12.4. The van der Waals surface area contributed by atoms with Crippen LogP contribution in [0, 0.1) is 5.82 Å². The molecule has 0 radical (unpaired) electrons. The van der Waals surface area contributed by atoms with Crippen LogP contribution in [0.5, 0.6) is 0 Å². The van der Waals surface area contributed by atoms with E-state index in [1.54, 1.807) is 18.2 Å². The first kappa shape index (κ1) is 11.9. The third-order valence-corrected chi connectivity index (χ3v) is 2.57. The summed E-state index contributed by atoms with van der Waals surface area (Å²) in [4.78, 5) is 0. The van der Waals surface area contributed by atoms with E-state index in [0.29, 0.717) is 22.1 Å². The molecule has 0 unspecified atom stereocenters. The average molecular weight is 256 g/mol. The van der Waals surface area contributed by atoms with Gasteiger partial charge in [-0.05, 0) is 18.2 Å². The Morgan fingerprint density at radius 3 is 2.82 bits per heavy atom. The summed E-state index contributed by atoms with van der Waals surface area (Å²) in [6, 6.07) is 5.91. The highest BCUT2D eigenvalue weighted by Gasteiger charge is 2.11. The summed E-state index contributed by atoms with van der Waals surface area (Å²) >= 11 is 5.67. The minimum Gasteiger partial charge on any atom is -0.394 e. The molecule has 0 saturated heterocycles. The molecule has 90 valence electrons. The Morgan fingerprint density at radius 1 is 1.41 bits per heavy atom. The first-order valence-corrected chi connectivity index (χ1v) is 5.39. The van der Waals surface area contributed by atoms with Crippen molar-refractivity contribution >= 4 is 17.4 Å². The minimum absolute atomic E-state index is 0.0750. The van der Waals surface area contributed by atoms with Gasteiger partial charge in [-0.25, -0.2) is 9.07 Å². The van der Waals surface area contributed by atoms with Gasteiger partial charge in [0, 0.05) is 16.7 Å².